The number of nitrogens with one attached hydrogen (secondary N) is 1. The predicted octanol–water partition coefficient (Wildman–Crippen LogP) is 2.51. The van der Waals surface area contributed by atoms with E-state index < -0.39 is 0 Å². The standard InChI is InChI=1S/C15H19BN2O2/c1-6-12-11-9-10(7-8-13(11)18-17-12)16-19-14(2,3)15(4,5)20-16/h6-9H,1H2,2-5H3,(H,17,18). The fraction of sp³-hybridized carbons (Fsp3) is 0.400. The van der Waals surface area contributed by atoms with Gasteiger partial charge in [-0.05, 0) is 45.3 Å². The van der Waals surface area contributed by atoms with Crippen LogP contribution in [0.25, 0.3) is 17.0 Å². The lowest BCUT2D eigenvalue weighted by Crippen LogP contribution is -2.41. The summed E-state index contributed by atoms with van der Waals surface area (Å²) in [5.74, 6) is 0. The average Bonchev–Trinajstić information content (AvgIpc) is 2.87. The van der Waals surface area contributed by atoms with Crippen LogP contribution in [-0.2, 0) is 9.31 Å². The molecule has 0 saturated carbocycles. The molecule has 2 heterocycles. The molecule has 0 aliphatic carbocycles. The van der Waals surface area contributed by atoms with Crippen molar-refractivity contribution < 1.29 is 9.31 Å². The number of hydrogen-bond donors (Lipinski definition) is 1. The first-order valence-electron chi connectivity index (χ1n) is 6.80. The van der Waals surface area contributed by atoms with Crippen LogP contribution >= 0.6 is 0 Å². The Morgan fingerprint density at radius 2 is 1.85 bits per heavy atom. The topological polar surface area (TPSA) is 47.1 Å². The van der Waals surface area contributed by atoms with E-state index in [1.807, 2.05) is 12.1 Å². The van der Waals surface area contributed by atoms with Crippen molar-refractivity contribution in [3.05, 3.63) is 30.5 Å². The molecular weight excluding hydrogens is 251 g/mol. The Balaban J connectivity index is 2.01. The second-order valence-electron chi connectivity index (χ2n) is 6.21. The van der Waals surface area contributed by atoms with E-state index >= 15 is 0 Å². The Morgan fingerprint density at radius 1 is 1.20 bits per heavy atom. The van der Waals surface area contributed by atoms with Gasteiger partial charge in [0.2, 0.25) is 0 Å². The van der Waals surface area contributed by atoms with E-state index in [2.05, 4.69) is 50.5 Å². The van der Waals surface area contributed by atoms with E-state index in [9.17, 15) is 0 Å². The maximum absolute atomic E-state index is 6.07. The van der Waals surface area contributed by atoms with Crippen LogP contribution in [0, 0.1) is 0 Å². The zero-order valence-electron chi connectivity index (χ0n) is 12.4. The molecule has 1 aromatic carbocycles. The summed E-state index contributed by atoms with van der Waals surface area (Å²) in [6.45, 7) is 12.0. The summed E-state index contributed by atoms with van der Waals surface area (Å²) < 4.78 is 12.1. The highest BCUT2D eigenvalue weighted by Crippen LogP contribution is 2.36. The minimum Gasteiger partial charge on any atom is -0.399 e. The number of benzene rings is 1. The van der Waals surface area contributed by atoms with E-state index in [0.717, 1.165) is 22.1 Å². The van der Waals surface area contributed by atoms with Crippen molar-refractivity contribution in [2.24, 2.45) is 0 Å². The Kier molecular flexibility index (Phi) is 2.82. The van der Waals surface area contributed by atoms with Crippen molar-refractivity contribution in [3.63, 3.8) is 0 Å². The molecule has 0 amide bonds. The van der Waals surface area contributed by atoms with E-state index in [1.165, 1.54) is 0 Å². The smallest absolute Gasteiger partial charge is 0.399 e. The number of hydrogen-bond acceptors (Lipinski definition) is 3. The number of aromatic nitrogens is 2. The lowest BCUT2D eigenvalue weighted by atomic mass is 9.78. The zero-order chi connectivity index (χ0) is 14.5. The molecule has 1 aliphatic heterocycles. The van der Waals surface area contributed by atoms with E-state index in [4.69, 9.17) is 9.31 Å². The number of H-pyrrole nitrogens is 1. The molecule has 104 valence electrons. The van der Waals surface area contributed by atoms with Gasteiger partial charge in [-0.3, -0.25) is 5.10 Å². The highest BCUT2D eigenvalue weighted by molar-refractivity contribution is 6.62. The molecule has 3 rings (SSSR count). The van der Waals surface area contributed by atoms with Crippen LogP contribution in [0.1, 0.15) is 33.4 Å². The first-order valence-corrected chi connectivity index (χ1v) is 6.80. The molecule has 2 aromatic rings. The first kappa shape index (κ1) is 13.4. The largest absolute Gasteiger partial charge is 0.494 e. The Hall–Kier alpha value is -1.59. The summed E-state index contributed by atoms with van der Waals surface area (Å²) >= 11 is 0. The van der Waals surface area contributed by atoms with E-state index in [-0.39, 0.29) is 18.3 Å². The van der Waals surface area contributed by atoms with Gasteiger partial charge >= 0.3 is 7.12 Å². The quantitative estimate of drug-likeness (QED) is 0.853. The van der Waals surface area contributed by atoms with Crippen molar-refractivity contribution in [1.82, 2.24) is 10.2 Å². The third-order valence-electron chi connectivity index (χ3n) is 4.34. The van der Waals surface area contributed by atoms with Crippen molar-refractivity contribution in [2.75, 3.05) is 0 Å². The molecule has 20 heavy (non-hydrogen) atoms. The fourth-order valence-electron chi connectivity index (χ4n) is 2.33. The Bertz CT molecular complexity index is 660. The summed E-state index contributed by atoms with van der Waals surface area (Å²) in [6.07, 6.45) is 1.74. The lowest BCUT2D eigenvalue weighted by Gasteiger charge is -2.32. The van der Waals surface area contributed by atoms with Crippen molar-refractivity contribution in [2.45, 2.75) is 38.9 Å². The molecule has 0 atom stereocenters. The molecule has 5 heteroatoms. The fourth-order valence-corrected chi connectivity index (χ4v) is 2.33. The summed E-state index contributed by atoms with van der Waals surface area (Å²) in [7, 11) is -0.350. The number of aromatic amines is 1. The highest BCUT2D eigenvalue weighted by Gasteiger charge is 2.51. The molecule has 4 nitrogen and oxygen atoms in total. The normalized spacial score (nSPS) is 20.5. The molecule has 1 saturated heterocycles. The van der Waals surface area contributed by atoms with Crippen LogP contribution in [0.4, 0.5) is 0 Å². The van der Waals surface area contributed by atoms with Gasteiger partial charge in [-0.25, -0.2) is 0 Å². The molecular formula is C15H19BN2O2. The SMILES string of the molecule is C=Cc1n[nH]c2ccc(B3OC(C)(C)C(C)(C)O3)cc12. The number of nitrogens with zero attached hydrogens (tertiary/aromatic N) is 1. The van der Waals surface area contributed by atoms with Crippen molar-refractivity contribution in [1.29, 1.82) is 0 Å². The first-order chi connectivity index (χ1) is 9.34. The van der Waals surface area contributed by atoms with Crippen LogP contribution in [0.5, 0.6) is 0 Å². The average molecular weight is 270 g/mol. The minimum absolute atomic E-state index is 0.329. The van der Waals surface area contributed by atoms with Crippen molar-refractivity contribution >= 4 is 29.6 Å². The molecule has 1 fully saturated rings. The molecule has 0 bridgehead atoms. The van der Waals surface area contributed by atoms with Crippen LogP contribution in [0.3, 0.4) is 0 Å². The minimum atomic E-state index is -0.350. The number of fused-ring (bicyclic) bond motifs is 1. The Morgan fingerprint density at radius 3 is 2.45 bits per heavy atom. The second-order valence-corrected chi connectivity index (χ2v) is 6.21. The van der Waals surface area contributed by atoms with E-state index in [1.54, 1.807) is 6.08 Å². The maximum Gasteiger partial charge on any atom is 0.494 e. The highest BCUT2D eigenvalue weighted by atomic mass is 16.7. The van der Waals surface area contributed by atoms with Crippen LogP contribution in [0.2, 0.25) is 0 Å². The molecule has 1 aliphatic rings. The molecule has 1 N–H and O–H groups in total. The predicted molar refractivity (Wildman–Crippen MR) is 81.9 cm³/mol. The van der Waals surface area contributed by atoms with E-state index in [0.29, 0.717) is 0 Å². The third-order valence-corrected chi connectivity index (χ3v) is 4.34. The maximum atomic E-state index is 6.07. The van der Waals surface area contributed by atoms with Crippen LogP contribution in [-0.4, -0.2) is 28.5 Å². The summed E-state index contributed by atoms with van der Waals surface area (Å²) in [4.78, 5) is 0. The third kappa shape index (κ3) is 1.89. The Labute approximate surface area is 119 Å². The van der Waals surface area contributed by atoms with Gasteiger partial charge in [0, 0.05) is 5.39 Å². The van der Waals surface area contributed by atoms with Gasteiger partial charge in [0.15, 0.2) is 0 Å². The van der Waals surface area contributed by atoms with Gasteiger partial charge in [-0.1, -0.05) is 18.7 Å². The summed E-state index contributed by atoms with van der Waals surface area (Å²) in [5.41, 5.74) is 2.17. The van der Waals surface area contributed by atoms with Gasteiger partial charge in [0.1, 0.15) is 0 Å². The zero-order valence-corrected chi connectivity index (χ0v) is 12.4. The van der Waals surface area contributed by atoms with Crippen LogP contribution in [0.15, 0.2) is 24.8 Å². The molecule has 0 radical (unpaired) electrons. The van der Waals surface area contributed by atoms with Gasteiger partial charge < -0.3 is 9.31 Å². The van der Waals surface area contributed by atoms with Crippen molar-refractivity contribution in [3.8, 4) is 0 Å². The number of rotatable bonds is 2. The summed E-state index contributed by atoms with van der Waals surface area (Å²) in [6, 6.07) is 6.06. The molecule has 0 unspecified atom stereocenters. The van der Waals surface area contributed by atoms with Gasteiger partial charge in [0.25, 0.3) is 0 Å². The van der Waals surface area contributed by atoms with Gasteiger partial charge in [-0.15, -0.1) is 0 Å². The van der Waals surface area contributed by atoms with Gasteiger partial charge in [-0.2, -0.15) is 5.10 Å². The summed E-state index contributed by atoms with van der Waals surface area (Å²) in [5, 5.41) is 8.23. The van der Waals surface area contributed by atoms with Gasteiger partial charge in [0.05, 0.1) is 22.4 Å². The molecule has 1 aromatic heterocycles. The molecule has 0 spiro atoms. The van der Waals surface area contributed by atoms with Crippen LogP contribution < -0.4 is 5.46 Å². The monoisotopic (exact) mass is 270 g/mol. The second kappa shape index (κ2) is 4.20. The lowest BCUT2D eigenvalue weighted by molar-refractivity contribution is 0.00578.